The summed E-state index contributed by atoms with van der Waals surface area (Å²) in [6.07, 6.45) is 0.883. The molecule has 0 spiro atoms. The van der Waals surface area contributed by atoms with Crippen molar-refractivity contribution in [3.8, 4) is 0 Å². The van der Waals surface area contributed by atoms with Gasteiger partial charge < -0.3 is 19.6 Å². The Morgan fingerprint density at radius 3 is 2.67 bits per heavy atom. The van der Waals surface area contributed by atoms with Crippen LogP contribution in [0, 0.1) is 0 Å². The highest BCUT2D eigenvalue weighted by atomic mass is 35.5. The van der Waals surface area contributed by atoms with E-state index < -0.39 is 6.10 Å². The van der Waals surface area contributed by atoms with Gasteiger partial charge >= 0.3 is 0 Å². The van der Waals surface area contributed by atoms with Gasteiger partial charge in [0.2, 0.25) is 0 Å². The smallest absolute Gasteiger partial charge is 0.129 e. The molecule has 2 aromatic rings. The molecule has 0 saturated carbocycles. The van der Waals surface area contributed by atoms with Gasteiger partial charge in [-0.2, -0.15) is 0 Å². The maximum absolute atomic E-state index is 9.83. The quantitative estimate of drug-likeness (QED) is 0.734. The summed E-state index contributed by atoms with van der Waals surface area (Å²) in [5, 5.41) is 14.0. The van der Waals surface area contributed by atoms with Gasteiger partial charge in [0.25, 0.3) is 0 Å². The summed E-state index contributed by atoms with van der Waals surface area (Å²) in [4.78, 5) is 0. The van der Waals surface area contributed by atoms with Gasteiger partial charge in [0.05, 0.1) is 39.7 Å². The van der Waals surface area contributed by atoms with Crippen LogP contribution in [0.15, 0.2) is 34.9 Å². The number of hydrogen-bond acceptors (Lipinski definition) is 4. The van der Waals surface area contributed by atoms with Crippen LogP contribution in [0.1, 0.15) is 5.76 Å². The monoisotopic (exact) mass is 349 g/mol. The number of ether oxygens (including phenoxy) is 1. The molecule has 0 aliphatic carbocycles. The molecular weight excluding hydrogens is 337 g/mol. The van der Waals surface area contributed by atoms with E-state index in [0.717, 1.165) is 0 Å². The van der Waals surface area contributed by atoms with Crippen LogP contribution < -0.4 is 5.32 Å². The predicted molar refractivity (Wildman–Crippen MR) is 84.3 cm³/mol. The summed E-state index contributed by atoms with van der Waals surface area (Å²) in [5.74, 6) is 0.711. The first kappa shape index (κ1) is 16.5. The number of nitrogens with one attached hydrogen (secondary N) is 1. The van der Waals surface area contributed by atoms with E-state index in [4.69, 9.17) is 44.0 Å². The molecule has 0 amide bonds. The van der Waals surface area contributed by atoms with Crippen molar-refractivity contribution in [1.82, 2.24) is 0 Å². The Kier molecular flexibility index (Phi) is 6.21. The van der Waals surface area contributed by atoms with Gasteiger partial charge in [0.15, 0.2) is 0 Å². The fourth-order valence-corrected chi connectivity index (χ4v) is 2.25. The molecule has 114 valence electrons. The molecule has 1 aromatic carbocycles. The van der Waals surface area contributed by atoms with E-state index in [-0.39, 0.29) is 13.2 Å². The lowest BCUT2D eigenvalue weighted by atomic mass is 10.3. The standard InChI is InChI=1S/C14H14Cl3NO3/c15-11-4-13(17)14(5-12(11)16)18-6-9(19)7-20-8-10-2-1-3-21-10/h1-5,9,18-19H,6-8H2. The molecule has 2 rings (SSSR count). The second kappa shape index (κ2) is 7.92. The topological polar surface area (TPSA) is 54.6 Å². The number of benzene rings is 1. The fraction of sp³-hybridized carbons (Fsp3) is 0.286. The Hall–Kier alpha value is -0.910. The third-order valence-corrected chi connectivity index (χ3v) is 3.71. The van der Waals surface area contributed by atoms with E-state index in [1.54, 1.807) is 30.5 Å². The van der Waals surface area contributed by atoms with Gasteiger partial charge in [-0.3, -0.25) is 0 Å². The van der Waals surface area contributed by atoms with E-state index in [2.05, 4.69) is 5.32 Å². The van der Waals surface area contributed by atoms with Gasteiger partial charge in [0.1, 0.15) is 12.4 Å². The minimum atomic E-state index is -0.689. The molecule has 4 nitrogen and oxygen atoms in total. The van der Waals surface area contributed by atoms with Gasteiger partial charge in [-0.1, -0.05) is 34.8 Å². The average Bonchev–Trinajstić information content (AvgIpc) is 2.94. The van der Waals surface area contributed by atoms with Crippen molar-refractivity contribution in [3.63, 3.8) is 0 Å². The lowest BCUT2D eigenvalue weighted by molar-refractivity contribution is 0.0282. The van der Waals surface area contributed by atoms with Crippen molar-refractivity contribution in [2.75, 3.05) is 18.5 Å². The van der Waals surface area contributed by atoms with Crippen LogP contribution >= 0.6 is 34.8 Å². The number of rotatable bonds is 7. The molecule has 21 heavy (non-hydrogen) atoms. The summed E-state index contributed by atoms with van der Waals surface area (Å²) < 4.78 is 10.5. The predicted octanol–water partition coefficient (Wildman–Crippen LogP) is 4.23. The van der Waals surface area contributed by atoms with Crippen LogP contribution in [0.25, 0.3) is 0 Å². The molecule has 0 radical (unpaired) electrons. The maximum Gasteiger partial charge on any atom is 0.129 e. The molecule has 1 aromatic heterocycles. The molecule has 1 atom stereocenters. The van der Waals surface area contributed by atoms with Crippen molar-refractivity contribution in [3.05, 3.63) is 51.4 Å². The zero-order valence-electron chi connectivity index (χ0n) is 11.0. The maximum atomic E-state index is 9.83. The Morgan fingerprint density at radius 1 is 1.19 bits per heavy atom. The number of anilines is 1. The molecule has 7 heteroatoms. The summed E-state index contributed by atoms with van der Waals surface area (Å²) in [6.45, 7) is 0.764. The zero-order valence-corrected chi connectivity index (χ0v) is 13.3. The second-order valence-electron chi connectivity index (χ2n) is 4.38. The molecule has 0 fully saturated rings. The Labute approximate surface area is 137 Å². The van der Waals surface area contributed by atoms with Crippen LogP contribution in [0.4, 0.5) is 5.69 Å². The first-order valence-electron chi connectivity index (χ1n) is 6.23. The second-order valence-corrected chi connectivity index (χ2v) is 5.60. The molecule has 0 aliphatic heterocycles. The van der Waals surface area contributed by atoms with Crippen molar-refractivity contribution >= 4 is 40.5 Å². The SMILES string of the molecule is OC(CNc1cc(Cl)c(Cl)cc1Cl)COCc1ccco1. The number of halogens is 3. The van der Waals surface area contributed by atoms with E-state index in [0.29, 0.717) is 33.1 Å². The largest absolute Gasteiger partial charge is 0.467 e. The molecule has 0 saturated heterocycles. The zero-order chi connectivity index (χ0) is 15.2. The van der Waals surface area contributed by atoms with Gasteiger partial charge in [-0.25, -0.2) is 0 Å². The van der Waals surface area contributed by atoms with E-state index >= 15 is 0 Å². The Balaban J connectivity index is 1.76. The van der Waals surface area contributed by atoms with Gasteiger partial charge in [0, 0.05) is 6.54 Å². The highest BCUT2D eigenvalue weighted by Gasteiger charge is 2.09. The number of aliphatic hydroxyl groups is 1. The lowest BCUT2D eigenvalue weighted by Crippen LogP contribution is -2.24. The van der Waals surface area contributed by atoms with Crippen LogP contribution in [0.5, 0.6) is 0 Å². The van der Waals surface area contributed by atoms with Crippen molar-refractivity contribution in [1.29, 1.82) is 0 Å². The number of furan rings is 1. The first-order valence-corrected chi connectivity index (χ1v) is 7.36. The summed E-state index contributed by atoms with van der Waals surface area (Å²) >= 11 is 17.8. The third-order valence-electron chi connectivity index (χ3n) is 2.67. The molecule has 2 N–H and O–H groups in total. The normalized spacial score (nSPS) is 12.4. The van der Waals surface area contributed by atoms with E-state index in [1.165, 1.54) is 0 Å². The highest BCUT2D eigenvalue weighted by Crippen LogP contribution is 2.32. The average molecular weight is 351 g/mol. The molecule has 1 heterocycles. The molecule has 1 unspecified atom stereocenters. The third kappa shape index (κ3) is 5.09. The number of aliphatic hydroxyl groups excluding tert-OH is 1. The van der Waals surface area contributed by atoms with Crippen LogP contribution in [-0.2, 0) is 11.3 Å². The molecule has 0 aliphatic rings. The van der Waals surface area contributed by atoms with Crippen LogP contribution in [0.2, 0.25) is 15.1 Å². The molecule has 0 bridgehead atoms. The minimum absolute atomic E-state index is 0.173. The Bertz CT molecular complexity index is 575. The highest BCUT2D eigenvalue weighted by molar-refractivity contribution is 6.44. The summed E-state index contributed by atoms with van der Waals surface area (Å²) in [6, 6.07) is 6.75. The molecular formula is C14H14Cl3NO3. The van der Waals surface area contributed by atoms with E-state index in [9.17, 15) is 5.11 Å². The van der Waals surface area contributed by atoms with Gasteiger partial charge in [-0.15, -0.1) is 0 Å². The van der Waals surface area contributed by atoms with E-state index in [1.807, 2.05) is 0 Å². The number of hydrogen-bond donors (Lipinski definition) is 2. The fourth-order valence-electron chi connectivity index (χ4n) is 1.63. The van der Waals surface area contributed by atoms with Crippen molar-refractivity contribution < 1.29 is 14.3 Å². The summed E-state index contributed by atoms with van der Waals surface area (Å²) in [7, 11) is 0. The summed E-state index contributed by atoms with van der Waals surface area (Å²) in [5.41, 5.74) is 0.608. The first-order chi connectivity index (χ1) is 10.1. The minimum Gasteiger partial charge on any atom is -0.467 e. The van der Waals surface area contributed by atoms with Crippen molar-refractivity contribution in [2.24, 2.45) is 0 Å². The van der Waals surface area contributed by atoms with Gasteiger partial charge in [-0.05, 0) is 24.3 Å². The van der Waals surface area contributed by atoms with Crippen LogP contribution in [0.3, 0.4) is 0 Å². The van der Waals surface area contributed by atoms with Crippen molar-refractivity contribution in [2.45, 2.75) is 12.7 Å². The Morgan fingerprint density at radius 2 is 1.95 bits per heavy atom. The van der Waals surface area contributed by atoms with Crippen LogP contribution in [-0.4, -0.2) is 24.4 Å². The lowest BCUT2D eigenvalue weighted by Gasteiger charge is -2.14.